The third kappa shape index (κ3) is 8.13. The number of hydrogen-bond donors (Lipinski definition) is 1. The van der Waals surface area contributed by atoms with Gasteiger partial charge in [-0.1, -0.05) is 13.0 Å². The number of ether oxygens (including phenoxy) is 1. The lowest BCUT2D eigenvalue weighted by Gasteiger charge is -2.13. The topological polar surface area (TPSA) is 21.3 Å². The van der Waals surface area contributed by atoms with E-state index in [4.69, 9.17) is 4.74 Å². The Morgan fingerprint density at radius 3 is 2.71 bits per heavy atom. The van der Waals surface area contributed by atoms with Crippen molar-refractivity contribution in [3.8, 4) is 0 Å². The minimum absolute atomic E-state index is 0.160. The average molecular weight is 207 g/mol. The zero-order valence-corrected chi connectivity index (χ0v) is 8.64. The second-order valence-electron chi connectivity index (χ2n) is 3.05. The van der Waals surface area contributed by atoms with Crippen LogP contribution in [0.25, 0.3) is 0 Å². The Morgan fingerprint density at radius 1 is 1.50 bits per heavy atom. The molecule has 0 saturated heterocycles. The van der Waals surface area contributed by atoms with Crippen molar-refractivity contribution in [3.63, 3.8) is 0 Å². The molecule has 4 heteroatoms. The maximum absolute atomic E-state index is 11.7. The molecule has 0 aromatic heterocycles. The van der Waals surface area contributed by atoms with Gasteiger partial charge in [0.25, 0.3) is 6.43 Å². The third-order valence-electron chi connectivity index (χ3n) is 1.76. The molecule has 1 N–H and O–H groups in total. The van der Waals surface area contributed by atoms with Crippen LogP contribution in [0.4, 0.5) is 8.78 Å². The average Bonchev–Trinajstić information content (AvgIpc) is 2.16. The van der Waals surface area contributed by atoms with E-state index in [1.54, 1.807) is 6.08 Å². The second kappa shape index (κ2) is 9.09. The van der Waals surface area contributed by atoms with Crippen molar-refractivity contribution >= 4 is 0 Å². The van der Waals surface area contributed by atoms with Crippen LogP contribution in [0.1, 0.15) is 19.8 Å². The van der Waals surface area contributed by atoms with Crippen LogP contribution in [-0.4, -0.2) is 32.2 Å². The summed E-state index contributed by atoms with van der Waals surface area (Å²) in [4.78, 5) is 0. The SMILES string of the molecule is C=CC(CCOCC(F)F)NCCC. The van der Waals surface area contributed by atoms with E-state index in [1.807, 2.05) is 0 Å². The highest BCUT2D eigenvalue weighted by molar-refractivity contribution is 4.84. The minimum Gasteiger partial charge on any atom is -0.375 e. The Morgan fingerprint density at radius 2 is 2.21 bits per heavy atom. The largest absolute Gasteiger partial charge is 0.375 e. The summed E-state index contributed by atoms with van der Waals surface area (Å²) in [7, 11) is 0. The molecule has 0 radical (unpaired) electrons. The highest BCUT2D eigenvalue weighted by Crippen LogP contribution is 1.97. The molecule has 0 spiro atoms. The molecule has 14 heavy (non-hydrogen) atoms. The molecule has 0 aromatic carbocycles. The van der Waals surface area contributed by atoms with E-state index in [9.17, 15) is 8.78 Å². The third-order valence-corrected chi connectivity index (χ3v) is 1.76. The van der Waals surface area contributed by atoms with Crippen molar-refractivity contribution in [3.05, 3.63) is 12.7 Å². The van der Waals surface area contributed by atoms with E-state index in [0.717, 1.165) is 13.0 Å². The summed E-state index contributed by atoms with van der Waals surface area (Å²) in [6.45, 7) is 6.51. The van der Waals surface area contributed by atoms with Crippen LogP contribution in [0.15, 0.2) is 12.7 Å². The smallest absolute Gasteiger partial charge is 0.261 e. The van der Waals surface area contributed by atoms with E-state index in [0.29, 0.717) is 13.0 Å². The fraction of sp³-hybridized carbons (Fsp3) is 0.800. The molecule has 84 valence electrons. The number of alkyl halides is 2. The predicted octanol–water partition coefficient (Wildman–Crippen LogP) is 2.21. The molecule has 0 amide bonds. The Bertz CT molecular complexity index is 142. The van der Waals surface area contributed by atoms with E-state index in [2.05, 4.69) is 18.8 Å². The molecule has 0 fully saturated rings. The van der Waals surface area contributed by atoms with Gasteiger partial charge in [0.1, 0.15) is 6.61 Å². The van der Waals surface area contributed by atoms with Crippen molar-refractivity contribution in [2.24, 2.45) is 0 Å². The fourth-order valence-corrected chi connectivity index (χ4v) is 1.02. The molecule has 0 aliphatic heterocycles. The van der Waals surface area contributed by atoms with E-state index in [-0.39, 0.29) is 6.04 Å². The molecule has 2 nitrogen and oxygen atoms in total. The molecule has 0 rings (SSSR count). The van der Waals surface area contributed by atoms with Gasteiger partial charge in [0.2, 0.25) is 0 Å². The number of rotatable bonds is 9. The second-order valence-corrected chi connectivity index (χ2v) is 3.05. The highest BCUT2D eigenvalue weighted by atomic mass is 19.3. The van der Waals surface area contributed by atoms with Gasteiger partial charge in [0, 0.05) is 12.6 Å². The normalized spacial score (nSPS) is 13.1. The van der Waals surface area contributed by atoms with Gasteiger partial charge in [-0.15, -0.1) is 6.58 Å². The first-order valence-corrected chi connectivity index (χ1v) is 4.92. The van der Waals surface area contributed by atoms with Crippen molar-refractivity contribution in [1.29, 1.82) is 0 Å². The molecule has 0 aliphatic rings. The summed E-state index contributed by atoms with van der Waals surface area (Å²) in [6.07, 6.45) is 1.14. The summed E-state index contributed by atoms with van der Waals surface area (Å²) in [5.74, 6) is 0. The summed E-state index contributed by atoms with van der Waals surface area (Å²) in [5.41, 5.74) is 0. The predicted molar refractivity (Wildman–Crippen MR) is 53.7 cm³/mol. The molecule has 0 aliphatic carbocycles. The van der Waals surface area contributed by atoms with Gasteiger partial charge in [0.05, 0.1) is 0 Å². The van der Waals surface area contributed by atoms with Gasteiger partial charge in [0.15, 0.2) is 0 Å². The van der Waals surface area contributed by atoms with Crippen LogP contribution >= 0.6 is 0 Å². The van der Waals surface area contributed by atoms with Gasteiger partial charge in [-0.2, -0.15) is 0 Å². The fourth-order valence-electron chi connectivity index (χ4n) is 1.02. The zero-order chi connectivity index (χ0) is 10.8. The molecule has 0 heterocycles. The van der Waals surface area contributed by atoms with Gasteiger partial charge in [-0.3, -0.25) is 0 Å². The summed E-state index contributed by atoms with van der Waals surface area (Å²) in [5, 5.41) is 3.22. The maximum atomic E-state index is 11.7. The molecule has 0 saturated carbocycles. The number of nitrogens with one attached hydrogen (secondary N) is 1. The first-order chi connectivity index (χ1) is 6.70. The molecule has 1 atom stereocenters. The van der Waals surface area contributed by atoms with Gasteiger partial charge in [-0.25, -0.2) is 8.78 Å². The Labute approximate surface area is 84.3 Å². The van der Waals surface area contributed by atoms with Crippen molar-refractivity contribution in [2.75, 3.05) is 19.8 Å². The van der Waals surface area contributed by atoms with Crippen LogP contribution in [0.2, 0.25) is 0 Å². The zero-order valence-electron chi connectivity index (χ0n) is 8.64. The lowest BCUT2D eigenvalue weighted by Crippen LogP contribution is -2.29. The molecular weight excluding hydrogens is 188 g/mol. The first kappa shape index (κ1) is 13.5. The van der Waals surface area contributed by atoms with Gasteiger partial charge in [-0.05, 0) is 19.4 Å². The monoisotopic (exact) mass is 207 g/mol. The maximum Gasteiger partial charge on any atom is 0.261 e. The van der Waals surface area contributed by atoms with Gasteiger partial charge < -0.3 is 10.1 Å². The van der Waals surface area contributed by atoms with Gasteiger partial charge >= 0.3 is 0 Å². The van der Waals surface area contributed by atoms with E-state index < -0.39 is 13.0 Å². The molecule has 0 aromatic rings. The molecule has 0 bridgehead atoms. The van der Waals surface area contributed by atoms with Crippen molar-refractivity contribution < 1.29 is 13.5 Å². The Balaban J connectivity index is 3.37. The van der Waals surface area contributed by atoms with E-state index in [1.165, 1.54) is 0 Å². The first-order valence-electron chi connectivity index (χ1n) is 4.92. The summed E-state index contributed by atoms with van der Waals surface area (Å²) >= 11 is 0. The minimum atomic E-state index is -2.37. The highest BCUT2D eigenvalue weighted by Gasteiger charge is 2.04. The van der Waals surface area contributed by atoms with Crippen LogP contribution in [0, 0.1) is 0 Å². The number of halogens is 2. The van der Waals surface area contributed by atoms with E-state index >= 15 is 0 Å². The summed E-state index contributed by atoms with van der Waals surface area (Å²) < 4.78 is 28.1. The van der Waals surface area contributed by atoms with Crippen LogP contribution in [-0.2, 0) is 4.74 Å². The standard InChI is InChI=1S/C10H19F2NO/c1-3-6-13-9(4-2)5-7-14-8-10(11)12/h4,9-10,13H,2-3,5-8H2,1H3. The lowest BCUT2D eigenvalue weighted by molar-refractivity contribution is 0.0154. The number of hydrogen-bond acceptors (Lipinski definition) is 2. The van der Waals surface area contributed by atoms with Crippen molar-refractivity contribution in [2.45, 2.75) is 32.2 Å². The van der Waals surface area contributed by atoms with Crippen molar-refractivity contribution in [1.82, 2.24) is 5.32 Å². The quantitative estimate of drug-likeness (QED) is 0.462. The molecule has 1 unspecified atom stereocenters. The lowest BCUT2D eigenvalue weighted by atomic mass is 10.2. The van der Waals surface area contributed by atoms with Crippen LogP contribution in [0.3, 0.4) is 0 Å². The van der Waals surface area contributed by atoms with Crippen LogP contribution in [0.5, 0.6) is 0 Å². The summed E-state index contributed by atoms with van der Waals surface area (Å²) in [6, 6.07) is 0.160. The molecular formula is C10H19F2NO. The Kier molecular flexibility index (Phi) is 8.78. The van der Waals surface area contributed by atoms with Crippen LogP contribution < -0.4 is 5.32 Å². The Hall–Kier alpha value is -0.480.